The summed E-state index contributed by atoms with van der Waals surface area (Å²) < 4.78 is 0. The van der Waals surface area contributed by atoms with E-state index in [0.717, 1.165) is 32.6 Å². The first-order valence-electron chi connectivity index (χ1n) is 12.3. The summed E-state index contributed by atoms with van der Waals surface area (Å²) in [4.78, 5) is 35.0. The van der Waals surface area contributed by atoms with Crippen LogP contribution < -0.4 is 15.5 Å². The number of phenols is 1. The van der Waals surface area contributed by atoms with Crippen LogP contribution in [0, 0.1) is 10.8 Å². The number of nitrogens with zero attached hydrogens (tertiary/aromatic N) is 6. The molecule has 0 radical (unpaired) electrons. The topological polar surface area (TPSA) is 163 Å². The Morgan fingerprint density at radius 3 is 2.68 bits per heavy atom. The molecule has 5 N–H and O–H groups in total. The summed E-state index contributed by atoms with van der Waals surface area (Å²) in [5, 5.41) is 34.1. The summed E-state index contributed by atoms with van der Waals surface area (Å²) in [6.45, 7) is 8.94. The summed E-state index contributed by atoms with van der Waals surface area (Å²) in [5.41, 5.74) is 0.884. The monoisotopic (exact) mass is 519 g/mol. The van der Waals surface area contributed by atoms with Gasteiger partial charge >= 0.3 is 0 Å². The van der Waals surface area contributed by atoms with E-state index in [1.165, 1.54) is 30.6 Å². The predicted molar refractivity (Wildman–Crippen MR) is 146 cm³/mol. The van der Waals surface area contributed by atoms with Crippen LogP contribution in [0.4, 0.5) is 17.5 Å². The van der Waals surface area contributed by atoms with Crippen molar-refractivity contribution in [2.45, 2.75) is 27.2 Å². The number of likely N-dealkylation sites (N-methyl/N-ethyl adjacent to an activating group) is 1. The fourth-order valence-electron chi connectivity index (χ4n) is 3.82. The van der Waals surface area contributed by atoms with E-state index in [-0.39, 0.29) is 28.6 Å². The van der Waals surface area contributed by atoms with Crippen molar-refractivity contribution in [3.05, 3.63) is 48.1 Å². The van der Waals surface area contributed by atoms with E-state index in [4.69, 9.17) is 10.4 Å². The molecule has 0 saturated carbocycles. The van der Waals surface area contributed by atoms with Crippen LogP contribution in [0.25, 0.3) is 11.0 Å². The number of carbonyl (C=O) groups is 1. The maximum atomic E-state index is 12.8. The number of carbonyl (C=O) groups excluding carboxylic acids is 1. The zero-order chi connectivity index (χ0) is 27.4. The number of rotatable bonds is 5. The Balaban J connectivity index is 1.58. The molecule has 0 aliphatic carbocycles. The van der Waals surface area contributed by atoms with E-state index in [1.54, 1.807) is 27.0 Å². The van der Waals surface area contributed by atoms with Gasteiger partial charge in [-0.25, -0.2) is 19.9 Å². The van der Waals surface area contributed by atoms with Crippen molar-refractivity contribution in [1.82, 2.24) is 30.2 Å². The van der Waals surface area contributed by atoms with E-state index < -0.39 is 11.3 Å². The Labute approximate surface area is 221 Å². The molecule has 200 valence electrons. The molecule has 0 atom stereocenters. The second-order valence-electron chi connectivity index (χ2n) is 10.3. The molecule has 1 aliphatic heterocycles. The molecular formula is C26H33N9O3. The molecular weight excluding hydrogens is 486 g/mol. The van der Waals surface area contributed by atoms with Crippen molar-refractivity contribution < 1.29 is 15.0 Å². The Kier molecular flexibility index (Phi) is 7.72. The number of hydrogen-bond donors (Lipinski definition) is 5. The highest BCUT2D eigenvalue weighted by Crippen LogP contribution is 2.30. The number of benzene rings is 1. The molecule has 3 heterocycles. The number of amides is 1. The van der Waals surface area contributed by atoms with Crippen LogP contribution in [0.5, 0.6) is 5.75 Å². The van der Waals surface area contributed by atoms with Crippen molar-refractivity contribution in [3.63, 3.8) is 0 Å². The molecule has 12 nitrogen and oxygen atoms in total. The SMILES string of the molecule is CN1CCCN(c2ncc3ncnc(Nc4cc(C(=O)NC(=N)/C=C(\O)C(C)(C)C)ccc4O)c3n2)CC1. The first-order valence-corrected chi connectivity index (χ1v) is 12.3. The molecule has 2 aromatic heterocycles. The molecule has 1 aliphatic rings. The highest BCUT2D eigenvalue weighted by Gasteiger charge is 2.19. The fourth-order valence-corrected chi connectivity index (χ4v) is 3.82. The highest BCUT2D eigenvalue weighted by molar-refractivity contribution is 6.09. The van der Waals surface area contributed by atoms with Crippen LogP contribution in [0.1, 0.15) is 37.6 Å². The van der Waals surface area contributed by atoms with Gasteiger partial charge in [-0.15, -0.1) is 0 Å². The minimum absolute atomic E-state index is 0.0277. The molecule has 1 fully saturated rings. The third-order valence-corrected chi connectivity index (χ3v) is 6.18. The second kappa shape index (κ2) is 11.0. The summed E-state index contributed by atoms with van der Waals surface area (Å²) in [5.74, 6) is -0.0223. The molecule has 12 heteroatoms. The predicted octanol–water partition coefficient (Wildman–Crippen LogP) is 3.21. The lowest BCUT2D eigenvalue weighted by Crippen LogP contribution is -2.30. The molecule has 3 aromatic rings. The van der Waals surface area contributed by atoms with Gasteiger partial charge < -0.3 is 30.6 Å². The molecule has 0 spiro atoms. The van der Waals surface area contributed by atoms with Gasteiger partial charge in [0.25, 0.3) is 5.91 Å². The third-order valence-electron chi connectivity index (χ3n) is 6.18. The molecule has 1 aromatic carbocycles. The summed E-state index contributed by atoms with van der Waals surface area (Å²) >= 11 is 0. The van der Waals surface area contributed by atoms with E-state index in [1.807, 2.05) is 0 Å². The molecule has 1 amide bonds. The average Bonchev–Trinajstić information content (AvgIpc) is 3.09. The van der Waals surface area contributed by atoms with E-state index in [2.05, 4.69) is 42.4 Å². The largest absolute Gasteiger partial charge is 0.512 e. The van der Waals surface area contributed by atoms with Gasteiger partial charge in [-0.1, -0.05) is 20.8 Å². The van der Waals surface area contributed by atoms with Gasteiger partial charge in [0.05, 0.1) is 11.9 Å². The normalized spacial score (nSPS) is 15.3. The lowest BCUT2D eigenvalue weighted by molar-refractivity contribution is 0.0977. The number of aliphatic hydroxyl groups excluding tert-OH is 1. The van der Waals surface area contributed by atoms with Crippen LogP contribution in [0.3, 0.4) is 0 Å². The number of fused-ring (bicyclic) bond motifs is 1. The van der Waals surface area contributed by atoms with Crippen molar-refractivity contribution in [2.24, 2.45) is 5.41 Å². The van der Waals surface area contributed by atoms with Gasteiger partial charge in [0, 0.05) is 36.7 Å². The Morgan fingerprint density at radius 2 is 1.92 bits per heavy atom. The number of amidine groups is 1. The summed E-state index contributed by atoms with van der Waals surface area (Å²) in [7, 11) is 2.09. The average molecular weight is 520 g/mol. The van der Waals surface area contributed by atoms with E-state index in [9.17, 15) is 15.0 Å². The maximum absolute atomic E-state index is 12.8. The van der Waals surface area contributed by atoms with Gasteiger partial charge in [-0.05, 0) is 38.2 Å². The summed E-state index contributed by atoms with van der Waals surface area (Å²) in [6, 6.07) is 4.26. The Bertz CT molecular complexity index is 1380. The number of phenolic OH excluding ortho intramolecular Hbond substituents is 1. The number of aromatic nitrogens is 4. The van der Waals surface area contributed by atoms with Crippen molar-refractivity contribution in [1.29, 1.82) is 5.41 Å². The van der Waals surface area contributed by atoms with Crippen LogP contribution in [-0.2, 0) is 0 Å². The molecule has 0 unspecified atom stereocenters. The number of hydrogen-bond acceptors (Lipinski definition) is 11. The lowest BCUT2D eigenvalue weighted by atomic mass is 9.93. The number of allylic oxidation sites excluding steroid dienone is 1. The first kappa shape index (κ1) is 26.7. The number of aromatic hydroxyl groups is 1. The first-order chi connectivity index (χ1) is 18.0. The van der Waals surface area contributed by atoms with Crippen LogP contribution in [0.2, 0.25) is 0 Å². The van der Waals surface area contributed by atoms with Crippen molar-refractivity contribution >= 4 is 40.2 Å². The smallest absolute Gasteiger partial charge is 0.256 e. The van der Waals surface area contributed by atoms with Crippen LogP contribution in [-0.4, -0.2) is 80.0 Å². The standard InChI is InChI=1S/C26H33N9O3/c1-26(2,3)20(37)13-21(27)32-24(38)16-6-7-19(36)17(12-16)31-23-22-18(29-15-30-23)14-28-25(33-22)35-9-5-8-34(4)10-11-35/h6-7,12-15,36-37H,5,8-11H2,1-4H3,(H2,27,32,38)(H,29,30,31)/b20-13-. The minimum Gasteiger partial charge on any atom is -0.512 e. The second-order valence-corrected chi connectivity index (χ2v) is 10.3. The van der Waals surface area contributed by atoms with Crippen LogP contribution in [0.15, 0.2) is 42.6 Å². The number of nitrogens with one attached hydrogen (secondary N) is 3. The van der Waals surface area contributed by atoms with Crippen molar-refractivity contribution in [3.8, 4) is 5.75 Å². The third kappa shape index (κ3) is 6.32. The number of aliphatic hydroxyl groups is 1. The van der Waals surface area contributed by atoms with Gasteiger partial charge in [0.2, 0.25) is 5.95 Å². The van der Waals surface area contributed by atoms with Gasteiger partial charge in [-0.3, -0.25) is 10.2 Å². The lowest BCUT2D eigenvalue weighted by Gasteiger charge is -2.20. The zero-order valence-electron chi connectivity index (χ0n) is 22.0. The molecule has 38 heavy (non-hydrogen) atoms. The van der Waals surface area contributed by atoms with Crippen LogP contribution >= 0.6 is 0 Å². The Morgan fingerprint density at radius 1 is 1.13 bits per heavy atom. The van der Waals surface area contributed by atoms with Gasteiger partial charge in [-0.2, -0.15) is 0 Å². The highest BCUT2D eigenvalue weighted by atomic mass is 16.3. The maximum Gasteiger partial charge on any atom is 0.256 e. The minimum atomic E-state index is -0.570. The number of anilines is 3. The molecule has 4 rings (SSSR count). The molecule has 0 bridgehead atoms. The van der Waals surface area contributed by atoms with Gasteiger partial charge in [0.15, 0.2) is 5.82 Å². The van der Waals surface area contributed by atoms with E-state index >= 15 is 0 Å². The fraction of sp³-hybridized carbons (Fsp3) is 0.385. The zero-order valence-corrected chi connectivity index (χ0v) is 22.0. The summed E-state index contributed by atoms with van der Waals surface area (Å²) in [6.07, 6.45) is 5.22. The Hall–Kier alpha value is -4.32. The van der Waals surface area contributed by atoms with Gasteiger partial charge in [0.1, 0.15) is 34.7 Å². The molecule has 1 saturated heterocycles. The van der Waals surface area contributed by atoms with Crippen molar-refractivity contribution in [2.75, 3.05) is 43.4 Å². The van der Waals surface area contributed by atoms with E-state index in [0.29, 0.717) is 22.8 Å². The quantitative estimate of drug-likeness (QED) is 0.146.